The van der Waals surface area contributed by atoms with E-state index in [0.717, 1.165) is 41.7 Å². The van der Waals surface area contributed by atoms with Gasteiger partial charge in [0, 0.05) is 48.3 Å². The van der Waals surface area contributed by atoms with Crippen molar-refractivity contribution in [1.29, 1.82) is 0 Å². The molecular formula is C22H22N4O4. The van der Waals surface area contributed by atoms with Gasteiger partial charge in [-0.15, -0.1) is 0 Å². The number of nitro benzene ring substituents is 1. The molecule has 8 nitrogen and oxygen atoms in total. The number of para-hydroxylation sites is 1. The van der Waals surface area contributed by atoms with Crippen LogP contribution in [0.5, 0.6) is 5.75 Å². The Labute approximate surface area is 173 Å². The first-order chi connectivity index (χ1) is 14.5. The molecule has 0 saturated heterocycles. The Morgan fingerprint density at radius 1 is 1.30 bits per heavy atom. The Morgan fingerprint density at radius 2 is 2.10 bits per heavy atom. The number of ether oxygens (including phenoxy) is 1. The lowest BCUT2D eigenvalue weighted by atomic mass is 9.95. The molecule has 0 spiro atoms. The van der Waals surface area contributed by atoms with Crippen molar-refractivity contribution in [2.75, 3.05) is 25.5 Å². The van der Waals surface area contributed by atoms with Crippen molar-refractivity contribution in [3.05, 3.63) is 69.4 Å². The number of rotatable bonds is 5. The van der Waals surface area contributed by atoms with Gasteiger partial charge in [-0.1, -0.05) is 25.1 Å². The number of hydrogen-bond acceptors (Lipinski definition) is 6. The number of fused-ring (bicyclic) bond motifs is 2. The number of nitro groups is 1. The first kappa shape index (κ1) is 19.8. The third-order valence-electron chi connectivity index (χ3n) is 5.44. The molecule has 1 aliphatic rings. The number of carbonyl (C=O) groups excluding carboxylic acids is 1. The molecule has 0 atom stereocenters. The minimum Gasteiger partial charge on any atom is -0.495 e. The number of aromatic nitrogens is 1. The number of pyridine rings is 1. The fraction of sp³-hybridized carbons (Fsp3) is 0.273. The minimum atomic E-state index is -0.502. The summed E-state index contributed by atoms with van der Waals surface area (Å²) in [5.41, 5.74) is 3.29. The standard InChI is InChI=1S/C22H22N4O4/c1-3-25-11-10-18-16(13-25)21(15-6-4-5-7-17(15)23-18)22(27)24-19-12-14(26(28)29)8-9-20(19)30-2/h4-9,12H,3,10-11,13H2,1-2H3,(H,24,27). The highest BCUT2D eigenvalue weighted by atomic mass is 16.6. The highest BCUT2D eigenvalue weighted by molar-refractivity contribution is 6.14. The lowest BCUT2D eigenvalue weighted by Gasteiger charge is -2.29. The van der Waals surface area contributed by atoms with E-state index in [0.29, 0.717) is 17.9 Å². The highest BCUT2D eigenvalue weighted by Gasteiger charge is 2.26. The predicted octanol–water partition coefficient (Wildman–Crippen LogP) is 3.78. The molecule has 0 radical (unpaired) electrons. The minimum absolute atomic E-state index is 0.120. The molecule has 30 heavy (non-hydrogen) atoms. The van der Waals surface area contributed by atoms with E-state index in [1.54, 1.807) is 0 Å². The van der Waals surface area contributed by atoms with Gasteiger partial charge in [-0.3, -0.25) is 24.8 Å². The fourth-order valence-corrected chi connectivity index (χ4v) is 3.87. The van der Waals surface area contributed by atoms with Crippen molar-refractivity contribution in [3.63, 3.8) is 0 Å². The van der Waals surface area contributed by atoms with Crippen molar-refractivity contribution < 1.29 is 14.5 Å². The zero-order chi connectivity index (χ0) is 21.3. The average Bonchev–Trinajstić information content (AvgIpc) is 2.76. The monoisotopic (exact) mass is 406 g/mol. The molecule has 1 aromatic heterocycles. The Bertz CT molecular complexity index is 1150. The zero-order valence-electron chi connectivity index (χ0n) is 16.8. The van der Waals surface area contributed by atoms with Crippen LogP contribution in [-0.4, -0.2) is 40.9 Å². The molecule has 8 heteroatoms. The van der Waals surface area contributed by atoms with Crippen molar-refractivity contribution in [2.24, 2.45) is 0 Å². The fourth-order valence-electron chi connectivity index (χ4n) is 3.87. The number of anilines is 1. The summed E-state index contributed by atoms with van der Waals surface area (Å²) in [6.07, 6.45) is 0.772. The van der Waals surface area contributed by atoms with Gasteiger partial charge in [0.2, 0.25) is 0 Å². The normalized spacial score (nSPS) is 13.7. The third kappa shape index (κ3) is 3.57. The van der Waals surface area contributed by atoms with E-state index in [1.807, 2.05) is 24.3 Å². The molecule has 0 saturated carbocycles. The number of likely N-dealkylation sites (N-methyl/N-ethyl adjacent to an activating group) is 1. The van der Waals surface area contributed by atoms with Crippen LogP contribution < -0.4 is 10.1 Å². The van der Waals surface area contributed by atoms with E-state index < -0.39 is 4.92 Å². The first-order valence-corrected chi connectivity index (χ1v) is 9.78. The van der Waals surface area contributed by atoms with Crippen LogP contribution in [0.15, 0.2) is 42.5 Å². The maximum absolute atomic E-state index is 13.5. The van der Waals surface area contributed by atoms with Gasteiger partial charge < -0.3 is 10.1 Å². The van der Waals surface area contributed by atoms with Crippen molar-refractivity contribution >= 4 is 28.2 Å². The lowest BCUT2D eigenvalue weighted by Crippen LogP contribution is -2.33. The molecule has 0 bridgehead atoms. The number of nitrogens with one attached hydrogen (secondary N) is 1. The van der Waals surface area contributed by atoms with Crippen LogP contribution in [0.4, 0.5) is 11.4 Å². The summed E-state index contributed by atoms with van der Waals surface area (Å²) in [5, 5.41) is 14.8. The topological polar surface area (TPSA) is 97.6 Å². The summed E-state index contributed by atoms with van der Waals surface area (Å²) in [6.45, 7) is 4.51. The van der Waals surface area contributed by atoms with E-state index in [1.165, 1.54) is 25.3 Å². The largest absolute Gasteiger partial charge is 0.495 e. The van der Waals surface area contributed by atoms with Crippen molar-refractivity contribution in [2.45, 2.75) is 19.9 Å². The van der Waals surface area contributed by atoms with Crippen LogP contribution in [0.1, 0.15) is 28.5 Å². The summed E-state index contributed by atoms with van der Waals surface area (Å²) in [5.74, 6) is 0.0259. The van der Waals surface area contributed by atoms with Crippen LogP contribution in [0, 0.1) is 10.1 Å². The molecular weight excluding hydrogens is 384 g/mol. The van der Waals surface area contributed by atoms with Gasteiger partial charge in [0.05, 0.1) is 28.8 Å². The summed E-state index contributed by atoms with van der Waals surface area (Å²) in [4.78, 5) is 31.2. The molecule has 0 aliphatic carbocycles. The van der Waals surface area contributed by atoms with Gasteiger partial charge in [0.1, 0.15) is 5.75 Å². The third-order valence-corrected chi connectivity index (χ3v) is 5.44. The van der Waals surface area contributed by atoms with Gasteiger partial charge in [0.15, 0.2) is 0 Å². The molecule has 1 aliphatic heterocycles. The Kier molecular flexibility index (Phi) is 5.33. The average molecular weight is 406 g/mol. The highest BCUT2D eigenvalue weighted by Crippen LogP contribution is 2.32. The number of methoxy groups -OCH3 is 1. The lowest BCUT2D eigenvalue weighted by molar-refractivity contribution is -0.384. The number of hydrogen-bond donors (Lipinski definition) is 1. The molecule has 0 unspecified atom stereocenters. The molecule has 1 amide bonds. The van der Waals surface area contributed by atoms with E-state index in [4.69, 9.17) is 9.72 Å². The van der Waals surface area contributed by atoms with Crippen LogP contribution in [0.2, 0.25) is 0 Å². The Balaban J connectivity index is 1.82. The van der Waals surface area contributed by atoms with Gasteiger partial charge >= 0.3 is 0 Å². The number of carbonyl (C=O) groups is 1. The second kappa shape index (κ2) is 8.08. The predicted molar refractivity (Wildman–Crippen MR) is 114 cm³/mol. The first-order valence-electron chi connectivity index (χ1n) is 9.78. The number of amides is 1. The van der Waals surface area contributed by atoms with Gasteiger partial charge in [-0.25, -0.2) is 0 Å². The van der Waals surface area contributed by atoms with Crippen molar-refractivity contribution in [1.82, 2.24) is 9.88 Å². The van der Waals surface area contributed by atoms with Gasteiger partial charge in [0.25, 0.3) is 11.6 Å². The van der Waals surface area contributed by atoms with Crippen molar-refractivity contribution in [3.8, 4) is 5.75 Å². The number of nitrogens with zero attached hydrogens (tertiary/aromatic N) is 3. The summed E-state index contributed by atoms with van der Waals surface area (Å²) in [7, 11) is 1.46. The van der Waals surface area contributed by atoms with E-state index in [9.17, 15) is 14.9 Å². The quantitative estimate of drug-likeness (QED) is 0.511. The summed E-state index contributed by atoms with van der Waals surface area (Å²) < 4.78 is 5.29. The van der Waals surface area contributed by atoms with Crippen LogP contribution in [0.3, 0.4) is 0 Å². The number of non-ortho nitro benzene ring substituents is 1. The van der Waals surface area contributed by atoms with Crippen LogP contribution in [-0.2, 0) is 13.0 Å². The van der Waals surface area contributed by atoms with Gasteiger partial charge in [-0.05, 0) is 18.7 Å². The zero-order valence-corrected chi connectivity index (χ0v) is 16.8. The Morgan fingerprint density at radius 3 is 2.83 bits per heavy atom. The maximum atomic E-state index is 13.5. The van der Waals surface area contributed by atoms with E-state index >= 15 is 0 Å². The molecule has 0 fully saturated rings. The maximum Gasteiger partial charge on any atom is 0.271 e. The molecule has 3 aromatic rings. The number of benzene rings is 2. The van der Waals surface area contributed by atoms with E-state index in [2.05, 4.69) is 17.1 Å². The molecule has 2 aromatic carbocycles. The molecule has 154 valence electrons. The SMILES string of the molecule is CCN1CCc2nc3ccccc3c(C(=O)Nc3cc([N+](=O)[O-])ccc3OC)c2C1. The van der Waals surface area contributed by atoms with Crippen LogP contribution >= 0.6 is 0 Å². The molecule has 1 N–H and O–H groups in total. The van der Waals surface area contributed by atoms with Gasteiger partial charge in [-0.2, -0.15) is 0 Å². The molecule has 4 rings (SSSR count). The smallest absolute Gasteiger partial charge is 0.271 e. The van der Waals surface area contributed by atoms with Crippen LogP contribution in [0.25, 0.3) is 10.9 Å². The molecule has 2 heterocycles. The second-order valence-electron chi connectivity index (χ2n) is 7.14. The Hall–Kier alpha value is -3.52. The summed E-state index contributed by atoms with van der Waals surface area (Å²) >= 11 is 0. The van der Waals surface area contributed by atoms with E-state index in [-0.39, 0.29) is 17.3 Å². The second-order valence-corrected chi connectivity index (χ2v) is 7.14. The summed E-state index contributed by atoms with van der Waals surface area (Å²) in [6, 6.07) is 11.7.